The molecule has 3 nitrogen and oxygen atoms in total. The molecule has 2 aromatic carbocycles. The van der Waals surface area contributed by atoms with Crippen LogP contribution in [0.1, 0.15) is 0 Å². The lowest BCUT2D eigenvalue weighted by Crippen LogP contribution is -2.09. The van der Waals surface area contributed by atoms with Gasteiger partial charge in [0.15, 0.2) is 4.96 Å². The molecule has 0 bridgehead atoms. The second-order valence-electron chi connectivity index (χ2n) is 4.65. The molecule has 2 aromatic heterocycles. The minimum atomic E-state index is -0.0904. The van der Waals surface area contributed by atoms with Crippen LogP contribution >= 0.6 is 22.9 Å². The third-order valence-electron chi connectivity index (χ3n) is 3.35. The van der Waals surface area contributed by atoms with Gasteiger partial charge in [-0.1, -0.05) is 53.3 Å². The Balaban J connectivity index is 2.09. The second-order valence-corrected chi connectivity index (χ2v) is 6.06. The van der Waals surface area contributed by atoms with Gasteiger partial charge in [0.25, 0.3) is 5.56 Å². The molecule has 0 aliphatic rings. The summed E-state index contributed by atoms with van der Waals surface area (Å²) in [6, 6.07) is 16.8. The Morgan fingerprint density at radius 3 is 2.67 bits per heavy atom. The highest BCUT2D eigenvalue weighted by Crippen LogP contribution is 2.31. The van der Waals surface area contributed by atoms with Crippen molar-refractivity contribution >= 4 is 38.9 Å². The predicted octanol–water partition coefficient (Wildman–Crippen LogP) is 4.23. The van der Waals surface area contributed by atoms with E-state index in [9.17, 15) is 4.79 Å². The van der Waals surface area contributed by atoms with E-state index in [1.54, 1.807) is 10.5 Å². The molecule has 21 heavy (non-hydrogen) atoms. The van der Waals surface area contributed by atoms with Crippen molar-refractivity contribution in [1.29, 1.82) is 0 Å². The number of aromatic nitrogens is 2. The summed E-state index contributed by atoms with van der Waals surface area (Å²) >= 11 is 7.68. The number of hydrogen-bond acceptors (Lipinski definition) is 3. The standard InChI is InChI=1S/C16H9ClN2OS/c17-11-6-2-1-5-10(11)14-9-15(20)19-13-8-4-3-7-12(13)18-16(19)21-14/h1-9H. The summed E-state index contributed by atoms with van der Waals surface area (Å²) in [6.45, 7) is 0. The van der Waals surface area contributed by atoms with Crippen LogP contribution < -0.4 is 5.56 Å². The highest BCUT2D eigenvalue weighted by Gasteiger charge is 2.11. The van der Waals surface area contributed by atoms with Gasteiger partial charge in [-0.15, -0.1) is 0 Å². The molecule has 0 aliphatic carbocycles. The minimum Gasteiger partial charge on any atom is -0.269 e. The Bertz CT molecular complexity index is 1040. The summed E-state index contributed by atoms with van der Waals surface area (Å²) < 4.78 is 1.64. The summed E-state index contributed by atoms with van der Waals surface area (Å²) in [5.41, 5.74) is 2.42. The zero-order chi connectivity index (χ0) is 14.4. The zero-order valence-corrected chi connectivity index (χ0v) is 12.4. The molecule has 0 radical (unpaired) electrons. The van der Waals surface area contributed by atoms with E-state index in [4.69, 9.17) is 11.6 Å². The van der Waals surface area contributed by atoms with Gasteiger partial charge >= 0.3 is 0 Å². The molecule has 2 heterocycles. The molecule has 0 fully saturated rings. The van der Waals surface area contributed by atoms with Crippen molar-refractivity contribution in [1.82, 2.24) is 9.38 Å². The summed E-state index contributed by atoms with van der Waals surface area (Å²) in [4.78, 5) is 18.5. The first-order valence-electron chi connectivity index (χ1n) is 6.40. The Labute approximate surface area is 129 Å². The number of rotatable bonds is 1. The van der Waals surface area contributed by atoms with Crippen molar-refractivity contribution in [2.75, 3.05) is 0 Å². The number of nitrogens with zero attached hydrogens (tertiary/aromatic N) is 2. The molecule has 0 spiro atoms. The highest BCUT2D eigenvalue weighted by atomic mass is 35.5. The maximum Gasteiger partial charge on any atom is 0.258 e. The highest BCUT2D eigenvalue weighted by molar-refractivity contribution is 7.20. The lowest BCUT2D eigenvalue weighted by atomic mass is 10.2. The second kappa shape index (κ2) is 4.69. The smallest absolute Gasteiger partial charge is 0.258 e. The van der Waals surface area contributed by atoms with Crippen molar-refractivity contribution in [3.8, 4) is 10.4 Å². The van der Waals surface area contributed by atoms with Crippen LogP contribution in [0.15, 0.2) is 59.4 Å². The van der Waals surface area contributed by atoms with Gasteiger partial charge in [0.2, 0.25) is 0 Å². The van der Waals surface area contributed by atoms with Gasteiger partial charge in [0.05, 0.1) is 11.0 Å². The van der Waals surface area contributed by atoms with Gasteiger partial charge in [0.1, 0.15) is 0 Å². The van der Waals surface area contributed by atoms with Gasteiger partial charge < -0.3 is 0 Å². The molecule has 102 valence electrons. The SMILES string of the molecule is O=c1cc(-c2ccccc2Cl)sc2nc3ccccc3n12. The minimum absolute atomic E-state index is 0.0904. The van der Waals surface area contributed by atoms with E-state index in [1.165, 1.54) is 11.3 Å². The van der Waals surface area contributed by atoms with E-state index in [0.29, 0.717) is 9.98 Å². The fourth-order valence-electron chi connectivity index (χ4n) is 2.38. The van der Waals surface area contributed by atoms with Crippen LogP contribution in [0.2, 0.25) is 5.02 Å². The molecule has 0 N–H and O–H groups in total. The van der Waals surface area contributed by atoms with Gasteiger partial charge in [-0.25, -0.2) is 4.98 Å². The first-order chi connectivity index (χ1) is 10.2. The first kappa shape index (κ1) is 12.6. The van der Waals surface area contributed by atoms with E-state index in [1.807, 2.05) is 48.5 Å². The summed E-state index contributed by atoms with van der Waals surface area (Å²) in [5, 5.41) is 0.633. The van der Waals surface area contributed by atoms with Crippen molar-refractivity contribution in [3.63, 3.8) is 0 Å². The van der Waals surface area contributed by atoms with Crippen LogP contribution in [-0.2, 0) is 0 Å². The van der Waals surface area contributed by atoms with E-state index in [-0.39, 0.29) is 5.56 Å². The average molecular weight is 313 g/mol. The van der Waals surface area contributed by atoms with Gasteiger partial charge in [-0.2, -0.15) is 0 Å². The third-order valence-corrected chi connectivity index (χ3v) is 4.69. The molecule has 0 unspecified atom stereocenters. The number of para-hydroxylation sites is 2. The van der Waals surface area contributed by atoms with Crippen LogP contribution in [0.25, 0.3) is 26.4 Å². The quantitative estimate of drug-likeness (QED) is 0.527. The molecular weight excluding hydrogens is 304 g/mol. The van der Waals surface area contributed by atoms with Crippen LogP contribution in [0.3, 0.4) is 0 Å². The van der Waals surface area contributed by atoms with Crippen molar-refractivity contribution in [3.05, 3.63) is 70.0 Å². The van der Waals surface area contributed by atoms with Crippen molar-refractivity contribution < 1.29 is 0 Å². The maximum absolute atomic E-state index is 12.4. The number of benzene rings is 2. The Morgan fingerprint density at radius 2 is 1.81 bits per heavy atom. The van der Waals surface area contributed by atoms with Gasteiger partial charge in [0, 0.05) is 21.5 Å². The molecule has 5 heteroatoms. The number of fused-ring (bicyclic) bond motifs is 3. The molecular formula is C16H9ClN2OS. The molecule has 0 saturated carbocycles. The van der Waals surface area contributed by atoms with E-state index < -0.39 is 0 Å². The topological polar surface area (TPSA) is 34.4 Å². The van der Waals surface area contributed by atoms with E-state index in [0.717, 1.165) is 21.5 Å². The monoisotopic (exact) mass is 312 g/mol. The number of halogens is 1. The third kappa shape index (κ3) is 1.95. The predicted molar refractivity (Wildman–Crippen MR) is 87.3 cm³/mol. The normalized spacial score (nSPS) is 11.3. The van der Waals surface area contributed by atoms with Crippen LogP contribution in [0, 0.1) is 0 Å². The van der Waals surface area contributed by atoms with Crippen LogP contribution in [0.4, 0.5) is 0 Å². The lowest BCUT2D eigenvalue weighted by Gasteiger charge is -2.03. The Morgan fingerprint density at radius 1 is 1.05 bits per heavy atom. The van der Waals surface area contributed by atoms with E-state index >= 15 is 0 Å². The number of imidazole rings is 1. The molecule has 4 aromatic rings. The van der Waals surface area contributed by atoms with Crippen molar-refractivity contribution in [2.45, 2.75) is 0 Å². The Kier molecular flexibility index (Phi) is 2.80. The summed E-state index contributed by atoms with van der Waals surface area (Å²) in [5.74, 6) is 0. The number of hydrogen-bond donors (Lipinski definition) is 0. The Hall–Kier alpha value is -2.17. The zero-order valence-electron chi connectivity index (χ0n) is 10.8. The van der Waals surface area contributed by atoms with Gasteiger partial charge in [-0.3, -0.25) is 9.20 Å². The summed E-state index contributed by atoms with van der Waals surface area (Å²) in [7, 11) is 0. The lowest BCUT2D eigenvalue weighted by molar-refractivity contribution is 1.18. The molecule has 4 rings (SSSR count). The average Bonchev–Trinajstić information content (AvgIpc) is 2.86. The summed E-state index contributed by atoms with van der Waals surface area (Å²) in [6.07, 6.45) is 0. The largest absolute Gasteiger partial charge is 0.269 e. The van der Waals surface area contributed by atoms with E-state index in [2.05, 4.69) is 4.98 Å². The molecule has 0 amide bonds. The fourth-order valence-corrected chi connectivity index (χ4v) is 3.75. The molecule has 0 saturated heterocycles. The van der Waals surface area contributed by atoms with Crippen molar-refractivity contribution in [2.24, 2.45) is 0 Å². The van der Waals surface area contributed by atoms with Gasteiger partial charge in [-0.05, 0) is 18.2 Å². The molecule has 0 atom stereocenters. The first-order valence-corrected chi connectivity index (χ1v) is 7.60. The fraction of sp³-hybridized carbons (Fsp3) is 0. The molecule has 0 aliphatic heterocycles. The van der Waals surface area contributed by atoms with Crippen LogP contribution in [0.5, 0.6) is 0 Å². The maximum atomic E-state index is 12.4. The van der Waals surface area contributed by atoms with Crippen LogP contribution in [-0.4, -0.2) is 9.38 Å².